The maximum atomic E-state index is 12.9. The number of nitrogens with one attached hydrogen (secondary N) is 1. The van der Waals surface area contributed by atoms with Crippen LogP contribution in [0.3, 0.4) is 0 Å². The molecule has 4 bridgehead atoms. The fourth-order valence-electron chi connectivity index (χ4n) is 8.24. The van der Waals surface area contributed by atoms with E-state index in [-0.39, 0.29) is 16.7 Å². The highest BCUT2D eigenvalue weighted by molar-refractivity contribution is 5.84. The standard InChI is InChI=1S/C32H32N6O5/c1-18-28(19(2)37(35-18)25-7-9-26(10-8-25)38(42)43)33-17-27-29(39)34-31(41)36(30(27)40)24-5-3-23(4-6-24)32-14-20-11-21(15-32)13-22(12-20)16-32/h3-10,17,20-22,40H,11-16H2,1-2H3,(H,34,39,41). The van der Waals surface area contributed by atoms with Crippen LogP contribution in [0, 0.1) is 41.7 Å². The van der Waals surface area contributed by atoms with Gasteiger partial charge in [0.05, 0.1) is 27.7 Å². The number of hydrogen-bond donors (Lipinski definition) is 2. The van der Waals surface area contributed by atoms with Crippen molar-refractivity contribution in [1.82, 2.24) is 19.3 Å². The highest BCUT2D eigenvalue weighted by Gasteiger charge is 2.51. The predicted molar refractivity (Wildman–Crippen MR) is 161 cm³/mol. The van der Waals surface area contributed by atoms with Gasteiger partial charge < -0.3 is 5.11 Å². The van der Waals surface area contributed by atoms with Crippen molar-refractivity contribution in [3.05, 3.63) is 102 Å². The number of rotatable bonds is 6. The molecule has 0 saturated heterocycles. The number of nitrogens with zero attached hydrogens (tertiary/aromatic N) is 5. The molecule has 0 spiro atoms. The summed E-state index contributed by atoms with van der Waals surface area (Å²) in [5.74, 6) is 1.93. The van der Waals surface area contributed by atoms with Crippen LogP contribution in [0.5, 0.6) is 5.88 Å². The highest BCUT2D eigenvalue weighted by atomic mass is 16.6. The van der Waals surface area contributed by atoms with Gasteiger partial charge in [0.1, 0.15) is 11.3 Å². The Kier molecular flexibility index (Phi) is 6.22. The maximum Gasteiger partial charge on any atom is 0.335 e. The molecule has 220 valence electrons. The quantitative estimate of drug-likeness (QED) is 0.183. The van der Waals surface area contributed by atoms with Crippen molar-refractivity contribution in [2.75, 3.05) is 0 Å². The number of nitro groups is 1. The van der Waals surface area contributed by atoms with E-state index in [0.717, 1.165) is 22.3 Å². The molecule has 2 aromatic carbocycles. The molecule has 0 amide bonds. The molecule has 4 fully saturated rings. The molecule has 11 heteroatoms. The van der Waals surface area contributed by atoms with Crippen LogP contribution in [0.1, 0.15) is 61.0 Å². The second-order valence-corrected chi connectivity index (χ2v) is 12.5. The van der Waals surface area contributed by atoms with Gasteiger partial charge in [-0.15, -0.1) is 0 Å². The van der Waals surface area contributed by atoms with Crippen molar-refractivity contribution in [2.45, 2.75) is 57.8 Å². The van der Waals surface area contributed by atoms with Gasteiger partial charge in [-0.2, -0.15) is 5.10 Å². The van der Waals surface area contributed by atoms with Gasteiger partial charge in [-0.1, -0.05) is 12.1 Å². The average molecular weight is 581 g/mol. The van der Waals surface area contributed by atoms with Crippen LogP contribution in [-0.4, -0.2) is 35.6 Å². The van der Waals surface area contributed by atoms with Crippen LogP contribution in [0.4, 0.5) is 11.4 Å². The number of aromatic amines is 1. The number of aromatic nitrogens is 4. The molecule has 4 aliphatic carbocycles. The predicted octanol–water partition coefficient (Wildman–Crippen LogP) is 5.16. The molecule has 8 rings (SSSR count). The van der Waals surface area contributed by atoms with Gasteiger partial charge in [-0.05, 0) is 105 Å². The Morgan fingerprint density at radius 1 is 0.977 bits per heavy atom. The van der Waals surface area contributed by atoms with Crippen molar-refractivity contribution in [1.29, 1.82) is 0 Å². The SMILES string of the molecule is Cc1nn(-c2ccc([N+](=O)[O-])cc2)c(C)c1N=Cc1c(O)n(-c2ccc(C34CC5CC(CC(C5)C3)C4)cc2)c(=O)[nH]c1=O. The zero-order valence-electron chi connectivity index (χ0n) is 24.0. The highest BCUT2D eigenvalue weighted by Crippen LogP contribution is 2.60. The minimum atomic E-state index is -0.759. The Morgan fingerprint density at radius 3 is 2.14 bits per heavy atom. The lowest BCUT2D eigenvalue weighted by atomic mass is 9.48. The van der Waals surface area contributed by atoms with Gasteiger partial charge in [0.25, 0.3) is 11.2 Å². The Morgan fingerprint density at radius 2 is 1.56 bits per heavy atom. The first kappa shape index (κ1) is 27.1. The fraction of sp³-hybridized carbons (Fsp3) is 0.375. The summed E-state index contributed by atoms with van der Waals surface area (Å²) >= 11 is 0. The molecule has 4 aromatic rings. The molecule has 4 saturated carbocycles. The van der Waals surface area contributed by atoms with E-state index in [4.69, 9.17) is 0 Å². The van der Waals surface area contributed by atoms with Gasteiger partial charge in [0, 0.05) is 18.3 Å². The van der Waals surface area contributed by atoms with E-state index in [2.05, 4.69) is 27.2 Å². The molecule has 2 aromatic heterocycles. The van der Waals surface area contributed by atoms with Gasteiger partial charge in [-0.3, -0.25) is 24.9 Å². The number of aryl methyl sites for hydroxylation is 1. The lowest BCUT2D eigenvalue weighted by molar-refractivity contribution is -0.384. The molecule has 0 atom stereocenters. The third-order valence-corrected chi connectivity index (χ3v) is 9.78. The van der Waals surface area contributed by atoms with Crippen LogP contribution < -0.4 is 11.2 Å². The summed E-state index contributed by atoms with van der Waals surface area (Å²) in [4.78, 5) is 42.9. The normalized spacial score (nSPS) is 24.2. The van der Waals surface area contributed by atoms with E-state index in [1.165, 1.54) is 62.4 Å². The second kappa shape index (κ2) is 9.89. The first-order chi connectivity index (χ1) is 20.6. The Labute approximate surface area is 246 Å². The van der Waals surface area contributed by atoms with Crippen LogP contribution in [0.2, 0.25) is 0 Å². The van der Waals surface area contributed by atoms with E-state index < -0.39 is 22.1 Å². The number of aromatic hydroxyl groups is 1. The smallest absolute Gasteiger partial charge is 0.335 e. The topological polar surface area (TPSA) is 148 Å². The lowest BCUT2D eigenvalue weighted by Gasteiger charge is -2.57. The van der Waals surface area contributed by atoms with Crippen LogP contribution in [-0.2, 0) is 5.41 Å². The van der Waals surface area contributed by atoms with E-state index in [1.807, 2.05) is 12.1 Å². The second-order valence-electron chi connectivity index (χ2n) is 12.5. The Hall–Kier alpha value is -4.80. The van der Waals surface area contributed by atoms with Gasteiger partial charge in [0.2, 0.25) is 5.88 Å². The third-order valence-electron chi connectivity index (χ3n) is 9.78. The molecule has 11 nitrogen and oxygen atoms in total. The molecule has 0 aliphatic heterocycles. The summed E-state index contributed by atoms with van der Waals surface area (Å²) in [7, 11) is 0. The van der Waals surface area contributed by atoms with Gasteiger partial charge in [-0.25, -0.2) is 14.0 Å². The minimum Gasteiger partial charge on any atom is -0.493 e. The van der Waals surface area contributed by atoms with Crippen molar-refractivity contribution >= 4 is 17.6 Å². The Balaban J connectivity index is 1.20. The number of aliphatic imine (C=N–C) groups is 1. The summed E-state index contributed by atoms with van der Waals surface area (Å²) < 4.78 is 2.69. The third kappa shape index (κ3) is 4.50. The summed E-state index contributed by atoms with van der Waals surface area (Å²) in [5, 5.41) is 26.7. The minimum absolute atomic E-state index is 0.0317. The molecule has 0 unspecified atom stereocenters. The number of hydrogen-bond acceptors (Lipinski definition) is 7. The van der Waals surface area contributed by atoms with Crippen LogP contribution >= 0.6 is 0 Å². The largest absolute Gasteiger partial charge is 0.493 e. The zero-order chi connectivity index (χ0) is 30.0. The van der Waals surface area contributed by atoms with Gasteiger partial charge in [0.15, 0.2) is 0 Å². The van der Waals surface area contributed by atoms with E-state index in [1.54, 1.807) is 30.7 Å². The number of nitro benzene ring substituents is 1. The first-order valence-corrected chi connectivity index (χ1v) is 14.7. The van der Waals surface area contributed by atoms with Crippen molar-refractivity contribution in [3.63, 3.8) is 0 Å². The molecule has 2 heterocycles. The summed E-state index contributed by atoms with van der Waals surface area (Å²) in [5.41, 5.74) is 2.54. The Bertz CT molecular complexity index is 1860. The van der Waals surface area contributed by atoms with Crippen LogP contribution in [0.25, 0.3) is 11.4 Å². The van der Waals surface area contributed by atoms with E-state index in [9.17, 15) is 24.8 Å². The summed E-state index contributed by atoms with van der Waals surface area (Å²) in [6.07, 6.45) is 8.98. The van der Waals surface area contributed by atoms with Gasteiger partial charge >= 0.3 is 5.69 Å². The molecule has 0 radical (unpaired) electrons. The monoisotopic (exact) mass is 580 g/mol. The number of benzene rings is 2. The van der Waals surface area contributed by atoms with Crippen molar-refractivity contribution in [3.8, 4) is 17.3 Å². The molecular formula is C32H32N6O5. The summed E-state index contributed by atoms with van der Waals surface area (Å²) in [6, 6.07) is 13.8. The molecule has 43 heavy (non-hydrogen) atoms. The van der Waals surface area contributed by atoms with Crippen molar-refractivity contribution < 1.29 is 10.0 Å². The maximum absolute atomic E-state index is 12.9. The number of H-pyrrole nitrogens is 1. The lowest BCUT2D eigenvalue weighted by Crippen LogP contribution is -2.48. The van der Waals surface area contributed by atoms with E-state index in [0.29, 0.717) is 28.5 Å². The number of non-ortho nitro benzene ring substituents is 1. The van der Waals surface area contributed by atoms with E-state index >= 15 is 0 Å². The molecule has 4 aliphatic rings. The summed E-state index contributed by atoms with van der Waals surface area (Å²) in [6.45, 7) is 3.53. The van der Waals surface area contributed by atoms with Crippen LogP contribution in [0.15, 0.2) is 63.1 Å². The zero-order valence-corrected chi connectivity index (χ0v) is 24.0. The average Bonchev–Trinajstić information content (AvgIpc) is 3.25. The first-order valence-electron chi connectivity index (χ1n) is 14.7. The fourth-order valence-corrected chi connectivity index (χ4v) is 8.24. The molecular weight excluding hydrogens is 548 g/mol. The van der Waals surface area contributed by atoms with Crippen molar-refractivity contribution in [2.24, 2.45) is 22.7 Å². The molecule has 2 N–H and O–H groups in total.